The van der Waals surface area contributed by atoms with Crippen LogP contribution in [0.5, 0.6) is 11.5 Å². The molecule has 0 atom stereocenters. The lowest BCUT2D eigenvalue weighted by molar-refractivity contribution is 0.0945. The van der Waals surface area contributed by atoms with Gasteiger partial charge >= 0.3 is 0 Å². The number of ether oxygens (including phenoxy) is 2. The molecule has 6 nitrogen and oxygen atoms in total. The number of carbonyl (C=O) groups is 1. The molecule has 0 saturated carbocycles. The molecule has 1 amide bonds. The second kappa shape index (κ2) is 7.42. The van der Waals surface area contributed by atoms with Crippen LogP contribution in [0.15, 0.2) is 41.3 Å². The Morgan fingerprint density at radius 2 is 1.80 bits per heavy atom. The van der Waals surface area contributed by atoms with E-state index in [0.717, 1.165) is 5.56 Å². The van der Waals surface area contributed by atoms with Crippen LogP contribution >= 0.6 is 0 Å². The van der Waals surface area contributed by atoms with E-state index >= 15 is 0 Å². The van der Waals surface area contributed by atoms with Crippen molar-refractivity contribution in [2.45, 2.75) is 19.3 Å². The number of methoxy groups -OCH3 is 2. The van der Waals surface area contributed by atoms with Gasteiger partial charge < -0.3 is 19.4 Å². The van der Waals surface area contributed by atoms with E-state index in [2.05, 4.69) is 5.32 Å². The minimum Gasteiger partial charge on any atom is -0.493 e. The summed E-state index contributed by atoms with van der Waals surface area (Å²) in [6, 6.07) is 8.64. The molecule has 1 heterocycles. The summed E-state index contributed by atoms with van der Waals surface area (Å²) in [6.07, 6.45) is 1.53. The Balaban J connectivity index is 2.14. The highest BCUT2D eigenvalue weighted by Gasteiger charge is 2.23. The van der Waals surface area contributed by atoms with Crippen molar-refractivity contribution in [3.63, 3.8) is 0 Å². The number of amides is 1. The number of pyridine rings is 1. The third kappa shape index (κ3) is 4.21. The maximum absolute atomic E-state index is 12.3. The lowest BCUT2D eigenvalue weighted by Gasteiger charge is -2.26. The summed E-state index contributed by atoms with van der Waals surface area (Å²) in [6.45, 7) is 4.51. The van der Waals surface area contributed by atoms with Gasteiger partial charge in [-0.25, -0.2) is 0 Å². The van der Waals surface area contributed by atoms with Gasteiger partial charge in [-0.15, -0.1) is 0 Å². The molecule has 0 saturated heterocycles. The smallest absolute Gasteiger partial charge is 0.252 e. The number of rotatable bonds is 6. The van der Waals surface area contributed by atoms with Gasteiger partial charge in [0.15, 0.2) is 11.5 Å². The zero-order chi connectivity index (χ0) is 18.6. The molecule has 0 bridgehead atoms. The summed E-state index contributed by atoms with van der Waals surface area (Å²) >= 11 is 0. The van der Waals surface area contributed by atoms with Crippen molar-refractivity contribution in [2.24, 2.45) is 7.05 Å². The SMILES string of the molecule is COc1ccc(C(C)(C)CNC(=O)c2ccc(=O)n(C)c2)cc1OC. The molecule has 1 aromatic carbocycles. The van der Waals surface area contributed by atoms with Gasteiger partial charge in [0.05, 0.1) is 19.8 Å². The highest BCUT2D eigenvalue weighted by molar-refractivity contribution is 5.93. The van der Waals surface area contributed by atoms with E-state index in [1.807, 2.05) is 32.0 Å². The van der Waals surface area contributed by atoms with E-state index in [1.54, 1.807) is 21.3 Å². The van der Waals surface area contributed by atoms with Crippen molar-refractivity contribution in [3.8, 4) is 11.5 Å². The van der Waals surface area contributed by atoms with E-state index in [1.165, 1.54) is 22.9 Å². The maximum atomic E-state index is 12.3. The zero-order valence-corrected chi connectivity index (χ0v) is 15.3. The van der Waals surface area contributed by atoms with E-state index in [-0.39, 0.29) is 16.9 Å². The van der Waals surface area contributed by atoms with Crippen LogP contribution < -0.4 is 20.3 Å². The van der Waals surface area contributed by atoms with Crippen molar-refractivity contribution >= 4 is 5.91 Å². The normalized spacial score (nSPS) is 11.1. The first-order valence-corrected chi connectivity index (χ1v) is 7.96. The highest BCUT2D eigenvalue weighted by atomic mass is 16.5. The first-order valence-electron chi connectivity index (χ1n) is 7.96. The Bertz CT molecular complexity index is 824. The average molecular weight is 344 g/mol. The largest absolute Gasteiger partial charge is 0.493 e. The van der Waals surface area contributed by atoms with Crippen molar-refractivity contribution in [1.29, 1.82) is 0 Å². The Hall–Kier alpha value is -2.76. The number of carbonyl (C=O) groups excluding carboxylic acids is 1. The van der Waals surface area contributed by atoms with Crippen LogP contribution in [0.4, 0.5) is 0 Å². The van der Waals surface area contributed by atoms with Gasteiger partial charge in [0, 0.05) is 31.3 Å². The van der Waals surface area contributed by atoms with Gasteiger partial charge in [-0.1, -0.05) is 19.9 Å². The Morgan fingerprint density at radius 1 is 1.12 bits per heavy atom. The van der Waals surface area contributed by atoms with E-state index in [4.69, 9.17) is 9.47 Å². The number of aromatic nitrogens is 1. The molecule has 0 aliphatic carbocycles. The van der Waals surface area contributed by atoms with E-state index in [0.29, 0.717) is 23.6 Å². The second-order valence-corrected chi connectivity index (χ2v) is 6.50. The monoisotopic (exact) mass is 344 g/mol. The van der Waals surface area contributed by atoms with Gasteiger partial charge in [-0.2, -0.15) is 0 Å². The van der Waals surface area contributed by atoms with Gasteiger partial charge in [0.25, 0.3) is 5.91 Å². The summed E-state index contributed by atoms with van der Waals surface area (Å²) in [5.74, 6) is 1.10. The number of hydrogen-bond acceptors (Lipinski definition) is 4. The van der Waals surface area contributed by atoms with Crippen molar-refractivity contribution in [2.75, 3.05) is 20.8 Å². The summed E-state index contributed by atoms with van der Waals surface area (Å²) in [4.78, 5) is 23.8. The van der Waals surface area contributed by atoms with Crippen LogP contribution in [0.25, 0.3) is 0 Å². The third-order valence-corrected chi connectivity index (χ3v) is 4.20. The van der Waals surface area contributed by atoms with Crippen LogP contribution in [0.3, 0.4) is 0 Å². The first-order chi connectivity index (χ1) is 11.8. The van der Waals surface area contributed by atoms with E-state index < -0.39 is 0 Å². The molecule has 0 unspecified atom stereocenters. The Kier molecular flexibility index (Phi) is 5.51. The first kappa shape index (κ1) is 18.6. The quantitative estimate of drug-likeness (QED) is 0.871. The summed E-state index contributed by atoms with van der Waals surface area (Å²) in [5.41, 5.74) is 1.01. The molecule has 1 N–H and O–H groups in total. The molecule has 134 valence electrons. The molecular weight excluding hydrogens is 320 g/mol. The van der Waals surface area contributed by atoms with Crippen LogP contribution in [0.2, 0.25) is 0 Å². The molecule has 2 rings (SSSR count). The fourth-order valence-electron chi connectivity index (χ4n) is 2.49. The fourth-order valence-corrected chi connectivity index (χ4v) is 2.49. The molecule has 0 radical (unpaired) electrons. The molecule has 0 aliphatic rings. The van der Waals surface area contributed by atoms with Crippen LogP contribution in [0.1, 0.15) is 29.8 Å². The highest BCUT2D eigenvalue weighted by Crippen LogP contribution is 2.32. The zero-order valence-electron chi connectivity index (χ0n) is 15.3. The van der Waals surface area contributed by atoms with Gasteiger partial charge in [-0.05, 0) is 23.8 Å². The molecule has 1 aromatic heterocycles. The third-order valence-electron chi connectivity index (χ3n) is 4.20. The number of nitrogens with one attached hydrogen (secondary N) is 1. The van der Waals surface area contributed by atoms with Crippen molar-refractivity contribution < 1.29 is 14.3 Å². The molecular formula is C19H24N2O4. The number of benzene rings is 1. The number of hydrogen-bond donors (Lipinski definition) is 1. The minimum absolute atomic E-state index is 0.151. The lowest BCUT2D eigenvalue weighted by atomic mass is 9.84. The standard InChI is InChI=1S/C19H24N2O4/c1-19(2,14-7-8-15(24-4)16(10-14)25-5)12-20-18(23)13-6-9-17(22)21(3)11-13/h6-11H,12H2,1-5H3,(H,20,23). The topological polar surface area (TPSA) is 69.6 Å². The van der Waals surface area contributed by atoms with Gasteiger partial charge in [0.2, 0.25) is 5.56 Å². The van der Waals surface area contributed by atoms with Crippen molar-refractivity contribution in [3.05, 3.63) is 58.0 Å². The molecule has 0 fully saturated rings. The predicted octanol–water partition coefficient (Wildman–Crippen LogP) is 2.11. The fraction of sp³-hybridized carbons (Fsp3) is 0.368. The molecule has 0 spiro atoms. The predicted molar refractivity (Wildman–Crippen MR) is 96.6 cm³/mol. The molecule has 0 aliphatic heterocycles. The molecule has 25 heavy (non-hydrogen) atoms. The van der Waals surface area contributed by atoms with Crippen molar-refractivity contribution in [1.82, 2.24) is 9.88 Å². The summed E-state index contributed by atoms with van der Waals surface area (Å²) < 4.78 is 12.0. The minimum atomic E-state index is -0.310. The summed E-state index contributed by atoms with van der Waals surface area (Å²) in [7, 11) is 4.80. The Morgan fingerprint density at radius 3 is 2.40 bits per heavy atom. The molecule has 2 aromatic rings. The van der Waals surface area contributed by atoms with Crippen LogP contribution in [-0.4, -0.2) is 31.2 Å². The number of aryl methyl sites for hydroxylation is 1. The van der Waals surface area contributed by atoms with Crippen LogP contribution in [0, 0.1) is 0 Å². The second-order valence-electron chi connectivity index (χ2n) is 6.50. The van der Waals surface area contributed by atoms with Gasteiger partial charge in [-0.3, -0.25) is 9.59 Å². The van der Waals surface area contributed by atoms with Crippen LogP contribution in [-0.2, 0) is 12.5 Å². The van der Waals surface area contributed by atoms with E-state index in [9.17, 15) is 9.59 Å². The molecule has 6 heteroatoms. The lowest BCUT2D eigenvalue weighted by Crippen LogP contribution is -2.37. The summed E-state index contributed by atoms with van der Waals surface area (Å²) in [5, 5.41) is 2.92. The number of nitrogens with zero attached hydrogens (tertiary/aromatic N) is 1. The maximum Gasteiger partial charge on any atom is 0.252 e. The Labute approximate surface area is 147 Å². The average Bonchev–Trinajstić information content (AvgIpc) is 2.61. The van der Waals surface area contributed by atoms with Gasteiger partial charge in [0.1, 0.15) is 0 Å².